The van der Waals surface area contributed by atoms with Gasteiger partial charge in [-0.3, -0.25) is 4.79 Å². The van der Waals surface area contributed by atoms with Gasteiger partial charge in [-0.25, -0.2) is 0 Å². The lowest BCUT2D eigenvalue weighted by molar-refractivity contribution is -0.140. The van der Waals surface area contributed by atoms with Crippen LogP contribution < -0.4 is 0 Å². The minimum absolute atomic E-state index is 0.134. The van der Waals surface area contributed by atoms with E-state index >= 15 is 0 Å². The number of hydrogen-bond donors (Lipinski definition) is 0. The van der Waals surface area contributed by atoms with Crippen LogP contribution in [-0.4, -0.2) is 24.6 Å². The topological polar surface area (TPSA) is 26.3 Å². The van der Waals surface area contributed by atoms with Gasteiger partial charge in [-0.2, -0.15) is 11.8 Å². The summed E-state index contributed by atoms with van der Waals surface area (Å²) in [7, 11) is 1.43. The average Bonchev–Trinajstić information content (AvgIpc) is 2.29. The van der Waals surface area contributed by atoms with Crippen molar-refractivity contribution in [1.82, 2.24) is 0 Å². The first-order chi connectivity index (χ1) is 7.26. The number of thioether (sulfide) groups is 1. The van der Waals surface area contributed by atoms with Crippen LogP contribution in [0.25, 0.3) is 0 Å². The fourth-order valence-corrected chi connectivity index (χ4v) is 2.05. The molecule has 0 aliphatic carbocycles. The predicted octanol–water partition coefficient (Wildman–Crippen LogP) is 2.52. The van der Waals surface area contributed by atoms with Crippen LogP contribution >= 0.6 is 11.8 Å². The Morgan fingerprint density at radius 3 is 2.60 bits per heavy atom. The summed E-state index contributed by atoms with van der Waals surface area (Å²) in [5, 5.41) is 0.305. The van der Waals surface area contributed by atoms with Crippen LogP contribution in [0, 0.1) is 0 Å². The summed E-state index contributed by atoms with van der Waals surface area (Å²) in [4.78, 5) is 11.1. The fourth-order valence-electron chi connectivity index (χ4n) is 1.39. The quantitative estimate of drug-likeness (QED) is 0.719. The molecule has 1 unspecified atom stereocenters. The Labute approximate surface area is 95.0 Å². The minimum atomic E-state index is -0.134. The molecule has 1 atom stereocenters. The van der Waals surface area contributed by atoms with E-state index in [-0.39, 0.29) is 5.97 Å². The molecule has 3 heteroatoms. The summed E-state index contributed by atoms with van der Waals surface area (Å²) in [6, 6.07) is 10.2. The third-order valence-electron chi connectivity index (χ3n) is 2.26. The Morgan fingerprint density at radius 2 is 2.07 bits per heavy atom. The van der Waals surface area contributed by atoms with Crippen LogP contribution in [0.5, 0.6) is 0 Å². The van der Waals surface area contributed by atoms with Gasteiger partial charge in [0.05, 0.1) is 13.5 Å². The summed E-state index contributed by atoms with van der Waals surface area (Å²) in [5.41, 5.74) is 1.26. The van der Waals surface area contributed by atoms with Crippen LogP contribution in [0.15, 0.2) is 30.3 Å². The molecule has 0 fully saturated rings. The van der Waals surface area contributed by atoms with Gasteiger partial charge in [-0.05, 0) is 18.2 Å². The van der Waals surface area contributed by atoms with Crippen molar-refractivity contribution >= 4 is 17.7 Å². The molecular weight excluding hydrogens is 208 g/mol. The van der Waals surface area contributed by atoms with Gasteiger partial charge in [0.2, 0.25) is 0 Å². The van der Waals surface area contributed by atoms with Gasteiger partial charge < -0.3 is 4.74 Å². The van der Waals surface area contributed by atoms with Crippen molar-refractivity contribution in [2.24, 2.45) is 0 Å². The molecule has 0 bridgehead atoms. The molecule has 0 aliphatic rings. The minimum Gasteiger partial charge on any atom is -0.469 e. The third kappa shape index (κ3) is 4.38. The van der Waals surface area contributed by atoms with E-state index in [1.54, 1.807) is 11.8 Å². The van der Waals surface area contributed by atoms with Crippen molar-refractivity contribution in [1.29, 1.82) is 0 Å². The van der Waals surface area contributed by atoms with E-state index in [1.807, 2.05) is 24.5 Å². The zero-order valence-electron chi connectivity index (χ0n) is 9.10. The van der Waals surface area contributed by atoms with Crippen molar-refractivity contribution in [3.05, 3.63) is 35.9 Å². The number of hydrogen-bond acceptors (Lipinski definition) is 3. The van der Waals surface area contributed by atoms with E-state index in [9.17, 15) is 4.79 Å². The van der Waals surface area contributed by atoms with Crippen molar-refractivity contribution in [3.63, 3.8) is 0 Å². The largest absolute Gasteiger partial charge is 0.469 e. The second kappa shape index (κ2) is 6.51. The first-order valence-electron chi connectivity index (χ1n) is 4.89. The number of esters is 1. The smallest absolute Gasteiger partial charge is 0.306 e. The van der Waals surface area contributed by atoms with Crippen molar-refractivity contribution in [2.45, 2.75) is 18.1 Å². The third-order valence-corrected chi connectivity index (χ3v) is 3.26. The lowest BCUT2D eigenvalue weighted by Crippen LogP contribution is -2.14. The highest BCUT2D eigenvalue weighted by Gasteiger charge is 2.13. The van der Waals surface area contributed by atoms with E-state index in [0.29, 0.717) is 11.7 Å². The predicted molar refractivity (Wildman–Crippen MR) is 64.1 cm³/mol. The number of rotatable bonds is 5. The summed E-state index contributed by atoms with van der Waals surface area (Å²) >= 11 is 1.71. The molecule has 0 aliphatic heterocycles. The Kier molecular flexibility index (Phi) is 5.26. The number of carbonyl (C=O) groups excluding carboxylic acids is 1. The average molecular weight is 224 g/mol. The zero-order chi connectivity index (χ0) is 11.1. The van der Waals surface area contributed by atoms with Gasteiger partial charge in [0.25, 0.3) is 0 Å². The molecule has 0 amide bonds. The summed E-state index contributed by atoms with van der Waals surface area (Å²) in [6.07, 6.45) is 3.42. The van der Waals surface area contributed by atoms with Crippen molar-refractivity contribution in [3.8, 4) is 0 Å². The SMILES string of the molecule is COC(=O)CC(Cc1ccccc1)SC. The Bertz CT molecular complexity index is 298. The van der Waals surface area contributed by atoms with Gasteiger partial charge in [0, 0.05) is 5.25 Å². The Morgan fingerprint density at radius 1 is 1.40 bits per heavy atom. The van der Waals surface area contributed by atoms with Crippen LogP contribution in [0.2, 0.25) is 0 Å². The zero-order valence-corrected chi connectivity index (χ0v) is 9.92. The first kappa shape index (κ1) is 12.1. The maximum absolute atomic E-state index is 11.1. The van der Waals surface area contributed by atoms with E-state index < -0.39 is 0 Å². The van der Waals surface area contributed by atoms with Crippen molar-refractivity contribution < 1.29 is 9.53 Å². The highest BCUT2D eigenvalue weighted by atomic mass is 32.2. The molecule has 1 aromatic carbocycles. The van der Waals surface area contributed by atoms with E-state index in [2.05, 4.69) is 16.9 Å². The molecule has 15 heavy (non-hydrogen) atoms. The highest BCUT2D eigenvalue weighted by Crippen LogP contribution is 2.17. The molecule has 0 N–H and O–H groups in total. The maximum atomic E-state index is 11.1. The van der Waals surface area contributed by atoms with Gasteiger partial charge in [-0.15, -0.1) is 0 Å². The van der Waals surface area contributed by atoms with Crippen LogP contribution in [0.4, 0.5) is 0 Å². The lowest BCUT2D eigenvalue weighted by Gasteiger charge is -2.12. The molecule has 82 valence electrons. The van der Waals surface area contributed by atoms with Gasteiger partial charge in [0.1, 0.15) is 0 Å². The normalized spacial score (nSPS) is 12.1. The standard InChI is InChI=1S/C12H16O2S/c1-14-12(13)9-11(15-2)8-10-6-4-3-5-7-10/h3-7,11H,8-9H2,1-2H3. The second-order valence-corrected chi connectivity index (χ2v) is 4.47. The molecule has 0 heterocycles. The van der Waals surface area contributed by atoms with E-state index in [0.717, 1.165) is 6.42 Å². The summed E-state index contributed by atoms with van der Waals surface area (Å²) in [5.74, 6) is -0.134. The number of methoxy groups -OCH3 is 1. The van der Waals surface area contributed by atoms with Crippen LogP contribution in [0.3, 0.4) is 0 Å². The molecule has 2 nitrogen and oxygen atoms in total. The monoisotopic (exact) mass is 224 g/mol. The molecule has 1 aromatic rings. The molecule has 0 spiro atoms. The molecule has 0 saturated carbocycles. The second-order valence-electron chi connectivity index (χ2n) is 3.33. The highest BCUT2D eigenvalue weighted by molar-refractivity contribution is 7.99. The van der Waals surface area contributed by atoms with Gasteiger partial charge >= 0.3 is 5.97 Å². The number of ether oxygens (including phenoxy) is 1. The summed E-state index contributed by atoms with van der Waals surface area (Å²) < 4.78 is 4.67. The summed E-state index contributed by atoms with van der Waals surface area (Å²) in [6.45, 7) is 0. The molecule has 0 radical (unpaired) electrons. The van der Waals surface area contributed by atoms with Gasteiger partial charge in [0.15, 0.2) is 0 Å². The first-order valence-corrected chi connectivity index (χ1v) is 6.18. The number of carbonyl (C=O) groups is 1. The fraction of sp³-hybridized carbons (Fsp3) is 0.417. The number of benzene rings is 1. The van der Waals surface area contributed by atoms with Gasteiger partial charge in [-0.1, -0.05) is 30.3 Å². The van der Waals surface area contributed by atoms with Crippen LogP contribution in [0.1, 0.15) is 12.0 Å². The Hall–Kier alpha value is -0.960. The van der Waals surface area contributed by atoms with E-state index in [1.165, 1.54) is 12.7 Å². The molecule has 0 aromatic heterocycles. The maximum Gasteiger partial charge on any atom is 0.306 e. The molecular formula is C12H16O2S. The van der Waals surface area contributed by atoms with Crippen LogP contribution in [-0.2, 0) is 16.0 Å². The molecule has 0 saturated heterocycles. The lowest BCUT2D eigenvalue weighted by atomic mass is 10.1. The molecule has 1 rings (SSSR count). The van der Waals surface area contributed by atoms with Crippen molar-refractivity contribution in [2.75, 3.05) is 13.4 Å². The van der Waals surface area contributed by atoms with E-state index in [4.69, 9.17) is 0 Å². The Balaban J connectivity index is 2.50.